The number of carbonyl (C=O) groups is 1. The zero-order valence-electron chi connectivity index (χ0n) is 15.9. The van der Waals surface area contributed by atoms with Gasteiger partial charge in [0.15, 0.2) is 0 Å². The first kappa shape index (κ1) is 20.0. The van der Waals surface area contributed by atoms with Gasteiger partial charge >= 0.3 is 6.09 Å². The number of amides is 1. The molecule has 7 heteroatoms. The van der Waals surface area contributed by atoms with Gasteiger partial charge in [0.2, 0.25) is 0 Å². The van der Waals surface area contributed by atoms with Gasteiger partial charge in [0.1, 0.15) is 23.6 Å². The molecule has 0 aromatic heterocycles. The van der Waals surface area contributed by atoms with Crippen LogP contribution >= 0.6 is 0 Å². The van der Waals surface area contributed by atoms with Crippen molar-refractivity contribution in [2.45, 2.75) is 65.0 Å². The van der Waals surface area contributed by atoms with Crippen molar-refractivity contribution in [3.63, 3.8) is 0 Å². The van der Waals surface area contributed by atoms with E-state index in [2.05, 4.69) is 11.5 Å². The molecule has 7 nitrogen and oxygen atoms in total. The average molecular weight is 362 g/mol. The average Bonchev–Trinajstić information content (AvgIpc) is 2.58. The van der Waals surface area contributed by atoms with E-state index in [9.17, 15) is 10.1 Å². The number of hydrogen-bond donors (Lipinski definition) is 1. The second-order valence-electron chi connectivity index (χ2n) is 7.24. The first-order valence-corrected chi connectivity index (χ1v) is 8.60. The quantitative estimate of drug-likeness (QED) is 0.809. The number of benzene rings is 1. The van der Waals surface area contributed by atoms with Gasteiger partial charge in [-0.05, 0) is 52.7 Å². The van der Waals surface area contributed by atoms with Crippen LogP contribution in [0.5, 0.6) is 5.75 Å². The lowest BCUT2D eigenvalue weighted by Gasteiger charge is -2.31. The summed E-state index contributed by atoms with van der Waals surface area (Å²) in [5.74, 6) is 0.722. The first-order valence-electron chi connectivity index (χ1n) is 8.60. The van der Waals surface area contributed by atoms with Crippen LogP contribution in [0.4, 0.5) is 4.79 Å². The minimum Gasteiger partial charge on any atom is -0.487 e. The molecule has 1 N–H and O–H groups in total. The molecular formula is C19H26N2O5. The number of hydrogen-bond acceptors (Lipinski definition) is 6. The molecule has 0 fully saturated rings. The normalized spacial score (nSPS) is 17.5. The summed E-state index contributed by atoms with van der Waals surface area (Å²) in [5.41, 5.74) is 4.18. The minimum atomic E-state index is -0.637. The SMILES string of the molecule is COCc1c(C#N)ccc2c1CCC(C(C)ONC(=O)OC(C)(C)C)O2. The van der Waals surface area contributed by atoms with Crippen LogP contribution in [-0.2, 0) is 27.3 Å². The number of methoxy groups -OCH3 is 1. The lowest BCUT2D eigenvalue weighted by atomic mass is 9.93. The summed E-state index contributed by atoms with van der Waals surface area (Å²) >= 11 is 0. The third kappa shape index (κ3) is 5.10. The van der Waals surface area contributed by atoms with Crippen LogP contribution in [0.3, 0.4) is 0 Å². The van der Waals surface area contributed by atoms with E-state index in [1.54, 1.807) is 40.0 Å². The van der Waals surface area contributed by atoms with Gasteiger partial charge in [0, 0.05) is 18.2 Å². The highest BCUT2D eigenvalue weighted by Gasteiger charge is 2.29. The lowest BCUT2D eigenvalue weighted by molar-refractivity contribution is -0.0776. The molecule has 26 heavy (non-hydrogen) atoms. The molecule has 1 heterocycles. The molecule has 1 aromatic carbocycles. The molecule has 0 aliphatic carbocycles. The molecule has 142 valence electrons. The van der Waals surface area contributed by atoms with Crippen molar-refractivity contribution in [1.82, 2.24) is 5.48 Å². The highest BCUT2D eigenvalue weighted by atomic mass is 16.7. The van der Waals surface area contributed by atoms with Gasteiger partial charge in [0.05, 0.1) is 18.2 Å². The van der Waals surface area contributed by atoms with Crippen LogP contribution in [0.25, 0.3) is 0 Å². The van der Waals surface area contributed by atoms with Crippen LogP contribution in [0.15, 0.2) is 12.1 Å². The standard InChI is InChI=1S/C19H26N2O5/c1-12(26-21-18(22)25-19(2,3)4)16-9-7-14-15(11-23-5)13(10-20)6-8-17(14)24-16/h6,8,12,16H,7,9,11H2,1-5H3,(H,21,22). The van der Waals surface area contributed by atoms with Gasteiger partial charge < -0.3 is 14.2 Å². The second kappa shape index (κ2) is 8.39. The summed E-state index contributed by atoms with van der Waals surface area (Å²) in [5, 5.41) is 9.27. The molecule has 0 radical (unpaired) electrons. The summed E-state index contributed by atoms with van der Waals surface area (Å²) in [7, 11) is 1.60. The number of nitrogens with zero attached hydrogens (tertiary/aromatic N) is 1. The van der Waals surface area contributed by atoms with Crippen LogP contribution in [0, 0.1) is 11.3 Å². The van der Waals surface area contributed by atoms with Crippen molar-refractivity contribution in [3.8, 4) is 11.8 Å². The van der Waals surface area contributed by atoms with E-state index in [4.69, 9.17) is 19.0 Å². The number of nitrogens with one attached hydrogen (secondary N) is 1. The molecular weight excluding hydrogens is 336 g/mol. The number of nitriles is 1. The van der Waals surface area contributed by atoms with Crippen molar-refractivity contribution in [1.29, 1.82) is 5.26 Å². The molecule has 1 aromatic rings. The Morgan fingerprint density at radius 3 is 2.81 bits per heavy atom. The fourth-order valence-electron chi connectivity index (χ4n) is 2.82. The maximum absolute atomic E-state index is 11.7. The van der Waals surface area contributed by atoms with Gasteiger partial charge in [-0.2, -0.15) is 10.7 Å². The first-order chi connectivity index (χ1) is 12.2. The highest BCUT2D eigenvalue weighted by molar-refractivity contribution is 5.66. The molecule has 2 rings (SSSR count). The summed E-state index contributed by atoms with van der Waals surface area (Å²) in [4.78, 5) is 17.1. The largest absolute Gasteiger partial charge is 0.487 e. The molecule has 1 aliphatic heterocycles. The predicted molar refractivity (Wildman–Crippen MR) is 94.5 cm³/mol. The summed E-state index contributed by atoms with van der Waals surface area (Å²) in [6.07, 6.45) is 0.226. The van der Waals surface area contributed by atoms with Gasteiger partial charge in [-0.3, -0.25) is 4.84 Å². The van der Waals surface area contributed by atoms with Crippen LogP contribution in [0.1, 0.15) is 50.8 Å². The van der Waals surface area contributed by atoms with E-state index in [1.807, 2.05) is 6.92 Å². The number of carbonyl (C=O) groups excluding carboxylic acids is 1. The van der Waals surface area contributed by atoms with Crippen LogP contribution in [0.2, 0.25) is 0 Å². The lowest BCUT2D eigenvalue weighted by Crippen LogP contribution is -2.41. The summed E-state index contributed by atoms with van der Waals surface area (Å²) in [6, 6.07) is 5.73. The third-order valence-corrected chi connectivity index (χ3v) is 4.01. The van der Waals surface area contributed by atoms with Gasteiger partial charge in [-0.15, -0.1) is 0 Å². The Morgan fingerprint density at radius 2 is 2.19 bits per heavy atom. The third-order valence-electron chi connectivity index (χ3n) is 4.01. The zero-order valence-corrected chi connectivity index (χ0v) is 15.9. The summed E-state index contributed by atoms with van der Waals surface area (Å²) in [6.45, 7) is 7.54. The van der Waals surface area contributed by atoms with E-state index in [0.717, 1.165) is 23.3 Å². The fourth-order valence-corrected chi connectivity index (χ4v) is 2.82. The number of rotatable bonds is 5. The molecule has 0 saturated carbocycles. The fraction of sp³-hybridized carbons (Fsp3) is 0.579. The monoisotopic (exact) mass is 362 g/mol. The van der Waals surface area contributed by atoms with E-state index >= 15 is 0 Å². The smallest absolute Gasteiger partial charge is 0.431 e. The Labute approximate surface area is 154 Å². The van der Waals surface area contributed by atoms with Gasteiger partial charge in [-0.25, -0.2) is 4.79 Å². The predicted octanol–water partition coefficient (Wildman–Crippen LogP) is 3.24. The number of ether oxygens (including phenoxy) is 3. The molecule has 2 atom stereocenters. The number of hydroxylamine groups is 1. The Hall–Kier alpha value is -2.30. The molecule has 1 amide bonds. The van der Waals surface area contributed by atoms with Crippen molar-refractivity contribution < 1.29 is 23.8 Å². The van der Waals surface area contributed by atoms with E-state index in [0.29, 0.717) is 18.6 Å². The minimum absolute atomic E-state index is 0.222. The molecule has 0 spiro atoms. The number of fused-ring (bicyclic) bond motifs is 1. The second-order valence-corrected chi connectivity index (χ2v) is 7.24. The van der Waals surface area contributed by atoms with Crippen molar-refractivity contribution in [2.24, 2.45) is 0 Å². The van der Waals surface area contributed by atoms with Crippen molar-refractivity contribution >= 4 is 6.09 Å². The molecule has 2 unspecified atom stereocenters. The van der Waals surface area contributed by atoms with E-state index in [1.165, 1.54) is 0 Å². The molecule has 1 aliphatic rings. The van der Waals surface area contributed by atoms with Gasteiger partial charge in [-0.1, -0.05) is 0 Å². The molecule has 0 saturated heterocycles. The van der Waals surface area contributed by atoms with Crippen molar-refractivity contribution in [2.75, 3.05) is 7.11 Å². The Bertz CT molecular complexity index is 690. The Kier molecular flexibility index (Phi) is 6.46. The Morgan fingerprint density at radius 1 is 1.46 bits per heavy atom. The van der Waals surface area contributed by atoms with Crippen LogP contribution < -0.4 is 10.2 Å². The van der Waals surface area contributed by atoms with E-state index < -0.39 is 11.7 Å². The van der Waals surface area contributed by atoms with Crippen LogP contribution in [-0.4, -0.2) is 31.0 Å². The summed E-state index contributed by atoms with van der Waals surface area (Å²) < 4.78 is 16.4. The van der Waals surface area contributed by atoms with Crippen molar-refractivity contribution in [3.05, 3.63) is 28.8 Å². The van der Waals surface area contributed by atoms with E-state index in [-0.39, 0.29) is 12.2 Å². The van der Waals surface area contributed by atoms with Gasteiger partial charge in [0.25, 0.3) is 0 Å². The maximum Gasteiger partial charge on any atom is 0.431 e. The topological polar surface area (TPSA) is 89.8 Å². The zero-order chi connectivity index (χ0) is 19.3. The highest BCUT2D eigenvalue weighted by Crippen LogP contribution is 2.33. The maximum atomic E-state index is 11.7. The molecule has 0 bridgehead atoms. The Balaban J connectivity index is 2.00.